The van der Waals surface area contributed by atoms with E-state index < -0.39 is 47.9 Å². The molecule has 11 heteroatoms. The van der Waals surface area contributed by atoms with Crippen molar-refractivity contribution in [3.63, 3.8) is 0 Å². The number of carbonyl (C=O) groups is 4. The normalized spacial score (nSPS) is 14.6. The lowest BCUT2D eigenvalue weighted by atomic mass is 10.0. The van der Waals surface area contributed by atoms with Crippen LogP contribution in [-0.2, 0) is 25.6 Å². The van der Waals surface area contributed by atoms with Gasteiger partial charge in [0, 0.05) is 6.42 Å². The molecule has 0 radical (unpaired) electrons. The molecule has 1 rings (SSSR count). The monoisotopic (exact) mass is 510 g/mol. The quantitative estimate of drug-likeness (QED) is 0.214. The maximum Gasteiger partial charge on any atom is 0.326 e. The minimum absolute atomic E-state index is 0.0626. The fraction of sp³-hybridized carbons (Fsp3) is 0.583. The molecule has 0 aromatic heterocycles. The van der Waals surface area contributed by atoms with Crippen LogP contribution in [0.3, 0.4) is 0 Å². The minimum Gasteiger partial charge on any atom is -0.508 e. The predicted octanol–water partition coefficient (Wildman–Crippen LogP) is 0.866. The van der Waals surface area contributed by atoms with Crippen molar-refractivity contribution in [3.8, 4) is 5.75 Å². The third kappa shape index (κ3) is 10.2. The molecule has 0 fully saturated rings. The molecule has 1 aromatic rings. The van der Waals surface area contributed by atoms with Gasteiger partial charge in [0.25, 0.3) is 0 Å². The summed E-state index contributed by atoms with van der Waals surface area (Å²) >= 11 is 1.48. The highest BCUT2D eigenvalue weighted by Crippen LogP contribution is 2.13. The van der Waals surface area contributed by atoms with E-state index in [-0.39, 0.29) is 30.4 Å². The van der Waals surface area contributed by atoms with Crippen LogP contribution in [0.25, 0.3) is 0 Å². The Morgan fingerprint density at radius 2 is 1.43 bits per heavy atom. The Bertz CT molecular complexity index is 862. The van der Waals surface area contributed by atoms with Crippen LogP contribution in [0.1, 0.15) is 39.7 Å². The zero-order valence-electron chi connectivity index (χ0n) is 20.9. The van der Waals surface area contributed by atoms with Gasteiger partial charge in [0.05, 0.1) is 6.04 Å². The van der Waals surface area contributed by atoms with Gasteiger partial charge in [-0.25, -0.2) is 4.79 Å². The van der Waals surface area contributed by atoms with Gasteiger partial charge in [-0.3, -0.25) is 14.4 Å². The summed E-state index contributed by atoms with van der Waals surface area (Å²) in [6.45, 7) is 6.93. The summed E-state index contributed by atoms with van der Waals surface area (Å²) in [7, 11) is 0. The molecular weight excluding hydrogens is 472 g/mol. The van der Waals surface area contributed by atoms with Gasteiger partial charge in [0.15, 0.2) is 0 Å². The number of carboxylic acid groups (broad SMARTS) is 1. The molecule has 10 nitrogen and oxygen atoms in total. The Morgan fingerprint density at radius 3 is 1.91 bits per heavy atom. The van der Waals surface area contributed by atoms with E-state index in [0.29, 0.717) is 11.3 Å². The lowest BCUT2D eigenvalue weighted by Crippen LogP contribution is -2.58. The van der Waals surface area contributed by atoms with Crippen LogP contribution in [0.15, 0.2) is 24.3 Å². The van der Waals surface area contributed by atoms with Gasteiger partial charge in [-0.15, -0.1) is 0 Å². The van der Waals surface area contributed by atoms with Crippen molar-refractivity contribution in [1.82, 2.24) is 16.0 Å². The zero-order valence-corrected chi connectivity index (χ0v) is 21.7. The number of benzene rings is 1. The molecule has 3 amide bonds. The lowest BCUT2D eigenvalue weighted by Gasteiger charge is -2.26. The first-order valence-corrected chi connectivity index (χ1v) is 12.9. The fourth-order valence-electron chi connectivity index (χ4n) is 3.19. The number of amides is 3. The van der Waals surface area contributed by atoms with Gasteiger partial charge >= 0.3 is 5.97 Å². The number of aromatic hydroxyl groups is 1. The molecule has 0 saturated heterocycles. The second-order valence-electron chi connectivity index (χ2n) is 9.11. The van der Waals surface area contributed by atoms with Gasteiger partial charge < -0.3 is 31.9 Å². The number of phenolic OH excluding ortho intramolecular Hbond substituents is 1. The number of phenols is 1. The fourth-order valence-corrected chi connectivity index (χ4v) is 3.66. The number of hydrogen-bond acceptors (Lipinski definition) is 7. The van der Waals surface area contributed by atoms with E-state index in [2.05, 4.69) is 16.0 Å². The molecule has 0 saturated carbocycles. The molecule has 0 spiro atoms. The molecule has 0 aliphatic carbocycles. The molecule has 0 aliphatic rings. The van der Waals surface area contributed by atoms with Crippen LogP contribution >= 0.6 is 11.8 Å². The van der Waals surface area contributed by atoms with E-state index in [1.165, 1.54) is 23.9 Å². The van der Waals surface area contributed by atoms with Gasteiger partial charge in [-0.05, 0) is 48.0 Å². The average Bonchev–Trinajstić information content (AvgIpc) is 2.79. The maximum atomic E-state index is 13.3. The Kier molecular flexibility index (Phi) is 12.6. The van der Waals surface area contributed by atoms with Crippen molar-refractivity contribution in [3.05, 3.63) is 29.8 Å². The van der Waals surface area contributed by atoms with Crippen LogP contribution in [0.5, 0.6) is 5.75 Å². The number of thioether (sulfide) groups is 1. The van der Waals surface area contributed by atoms with Crippen molar-refractivity contribution in [2.24, 2.45) is 17.6 Å². The standard InChI is InChI=1S/C24H38N4O6S/c1-13(2)19(25)23(32)27-18(12-15-6-8-16(29)9-7-15)22(31)26-17(10-11-35-5)21(30)28-20(14(3)4)24(33)34/h6-9,13-14,17-20,29H,10-12,25H2,1-5H3,(H,26,31)(H,27,32)(H,28,30)(H,33,34). The first kappa shape index (κ1) is 30.2. The molecule has 0 aliphatic heterocycles. The lowest BCUT2D eigenvalue weighted by molar-refractivity contribution is -0.143. The summed E-state index contributed by atoms with van der Waals surface area (Å²) in [4.78, 5) is 50.3. The molecule has 4 unspecified atom stereocenters. The smallest absolute Gasteiger partial charge is 0.326 e. The van der Waals surface area contributed by atoms with Gasteiger partial charge in [0.1, 0.15) is 23.9 Å². The maximum absolute atomic E-state index is 13.3. The van der Waals surface area contributed by atoms with Gasteiger partial charge in [-0.1, -0.05) is 39.8 Å². The summed E-state index contributed by atoms with van der Waals surface area (Å²) in [5, 5.41) is 26.8. The summed E-state index contributed by atoms with van der Waals surface area (Å²) in [5.74, 6) is -2.78. The number of hydrogen-bond donors (Lipinski definition) is 6. The number of rotatable bonds is 14. The van der Waals surface area contributed by atoms with Gasteiger partial charge in [0.2, 0.25) is 17.7 Å². The molecule has 0 bridgehead atoms. The molecule has 0 heterocycles. The number of nitrogens with one attached hydrogen (secondary N) is 3. The van der Waals surface area contributed by atoms with Crippen LogP contribution in [0, 0.1) is 11.8 Å². The van der Waals surface area contributed by atoms with Crippen LogP contribution < -0.4 is 21.7 Å². The van der Waals surface area contributed by atoms with Crippen molar-refractivity contribution >= 4 is 35.5 Å². The van der Waals surface area contributed by atoms with Crippen LogP contribution in [-0.4, -0.2) is 70.1 Å². The topological polar surface area (TPSA) is 171 Å². The first-order chi connectivity index (χ1) is 16.4. The second-order valence-corrected chi connectivity index (χ2v) is 10.1. The summed E-state index contributed by atoms with van der Waals surface area (Å²) in [6.07, 6.45) is 2.23. The van der Waals surface area contributed by atoms with E-state index in [1.807, 2.05) is 6.26 Å². The highest BCUT2D eigenvalue weighted by molar-refractivity contribution is 7.98. The Morgan fingerprint density at radius 1 is 0.886 bits per heavy atom. The van der Waals surface area contributed by atoms with E-state index >= 15 is 0 Å². The largest absolute Gasteiger partial charge is 0.508 e. The van der Waals surface area contributed by atoms with E-state index in [9.17, 15) is 29.4 Å². The Hall–Kier alpha value is -2.79. The Labute approximate surface area is 210 Å². The second kappa shape index (κ2) is 14.6. The number of carbonyl (C=O) groups excluding carboxylic acids is 3. The first-order valence-electron chi connectivity index (χ1n) is 11.5. The molecule has 1 aromatic carbocycles. The van der Waals surface area contributed by atoms with Crippen LogP contribution in [0.4, 0.5) is 0 Å². The SMILES string of the molecule is CSCCC(NC(=O)C(Cc1ccc(O)cc1)NC(=O)C(N)C(C)C)C(=O)NC(C(=O)O)C(C)C. The highest BCUT2D eigenvalue weighted by Gasteiger charge is 2.31. The third-order valence-electron chi connectivity index (χ3n) is 5.50. The van der Waals surface area contributed by atoms with Gasteiger partial charge in [-0.2, -0.15) is 11.8 Å². The van der Waals surface area contributed by atoms with E-state index in [0.717, 1.165) is 0 Å². The zero-order chi connectivity index (χ0) is 26.7. The van der Waals surface area contributed by atoms with E-state index in [4.69, 9.17) is 5.73 Å². The summed E-state index contributed by atoms with van der Waals surface area (Å²) < 4.78 is 0. The number of aliphatic carboxylic acids is 1. The number of carboxylic acids is 1. The highest BCUT2D eigenvalue weighted by atomic mass is 32.2. The van der Waals surface area contributed by atoms with Crippen molar-refractivity contribution in [2.45, 2.75) is 64.7 Å². The number of nitrogens with two attached hydrogens (primary N) is 1. The Balaban J connectivity index is 3.12. The molecule has 4 atom stereocenters. The van der Waals surface area contributed by atoms with E-state index in [1.54, 1.807) is 39.8 Å². The van der Waals surface area contributed by atoms with Crippen molar-refractivity contribution < 1.29 is 29.4 Å². The summed E-state index contributed by atoms with van der Waals surface area (Å²) in [5.41, 5.74) is 6.63. The van der Waals surface area contributed by atoms with Crippen molar-refractivity contribution in [2.75, 3.05) is 12.0 Å². The third-order valence-corrected chi connectivity index (χ3v) is 6.15. The molecule has 7 N–H and O–H groups in total. The molecule has 35 heavy (non-hydrogen) atoms. The predicted molar refractivity (Wildman–Crippen MR) is 136 cm³/mol. The molecular formula is C24H38N4O6S. The average molecular weight is 511 g/mol. The summed E-state index contributed by atoms with van der Waals surface area (Å²) in [6, 6.07) is 2.23. The minimum atomic E-state index is -1.16. The van der Waals surface area contributed by atoms with Crippen LogP contribution in [0.2, 0.25) is 0 Å². The van der Waals surface area contributed by atoms with Crippen molar-refractivity contribution in [1.29, 1.82) is 0 Å². The molecule has 196 valence electrons.